The average molecular weight is 376 g/mol. The fourth-order valence-electron chi connectivity index (χ4n) is 2.81. The van der Waals surface area contributed by atoms with Crippen LogP contribution in [0.4, 0.5) is 0 Å². The molecule has 1 aromatic heterocycles. The maximum Gasteiger partial charge on any atom is 0.335 e. The van der Waals surface area contributed by atoms with Crippen LogP contribution in [0.3, 0.4) is 0 Å². The molecule has 0 fully saturated rings. The van der Waals surface area contributed by atoms with Gasteiger partial charge in [-0.2, -0.15) is 5.10 Å². The lowest BCUT2D eigenvalue weighted by Gasteiger charge is -2.05. The molecule has 0 aliphatic carbocycles. The van der Waals surface area contributed by atoms with E-state index in [1.54, 1.807) is 24.3 Å². The molecule has 0 bridgehead atoms. The van der Waals surface area contributed by atoms with Gasteiger partial charge in [0.05, 0.1) is 18.2 Å². The number of hydrazone groups is 1. The third-order valence-corrected chi connectivity index (χ3v) is 4.25. The summed E-state index contributed by atoms with van der Waals surface area (Å²) in [4.78, 5) is 23.1. The zero-order chi connectivity index (χ0) is 20.1. The van der Waals surface area contributed by atoms with Gasteiger partial charge in [0.25, 0.3) is 0 Å². The van der Waals surface area contributed by atoms with Crippen molar-refractivity contribution in [3.8, 4) is 11.3 Å². The first-order valence-corrected chi connectivity index (χ1v) is 8.74. The van der Waals surface area contributed by atoms with Gasteiger partial charge in [-0.25, -0.2) is 10.2 Å². The van der Waals surface area contributed by atoms with Crippen LogP contribution in [0.2, 0.25) is 0 Å². The monoisotopic (exact) mass is 376 g/mol. The number of aryl methyl sites for hydroxylation is 2. The lowest BCUT2D eigenvalue weighted by Crippen LogP contribution is -2.20. The quantitative estimate of drug-likeness (QED) is 0.503. The Balaban J connectivity index is 1.62. The predicted molar refractivity (Wildman–Crippen MR) is 106 cm³/mol. The van der Waals surface area contributed by atoms with E-state index in [4.69, 9.17) is 9.52 Å². The van der Waals surface area contributed by atoms with Gasteiger partial charge < -0.3 is 9.52 Å². The molecule has 0 aliphatic rings. The van der Waals surface area contributed by atoms with Gasteiger partial charge in [-0.05, 0) is 49.2 Å². The SMILES string of the molecule is Cc1ccc(CC(=O)N/N=C/c2ccc(-c3cccc(C(=O)O)c3)o2)c(C)c1. The van der Waals surface area contributed by atoms with Gasteiger partial charge >= 0.3 is 5.97 Å². The highest BCUT2D eigenvalue weighted by atomic mass is 16.4. The lowest BCUT2D eigenvalue weighted by atomic mass is 10.0. The van der Waals surface area contributed by atoms with Crippen molar-refractivity contribution in [1.82, 2.24) is 5.43 Å². The predicted octanol–water partition coefficient (Wildman–Crippen LogP) is 3.95. The standard InChI is InChI=1S/C22H20N2O4/c1-14-6-7-16(15(2)10-14)12-21(25)24-23-13-19-8-9-20(28-19)17-4-3-5-18(11-17)22(26)27/h3-11,13H,12H2,1-2H3,(H,24,25)(H,26,27)/b23-13+. The summed E-state index contributed by atoms with van der Waals surface area (Å²) in [5, 5.41) is 13.0. The third-order valence-electron chi connectivity index (χ3n) is 4.25. The summed E-state index contributed by atoms with van der Waals surface area (Å²) < 4.78 is 5.64. The van der Waals surface area contributed by atoms with Crippen molar-refractivity contribution < 1.29 is 19.1 Å². The van der Waals surface area contributed by atoms with Crippen molar-refractivity contribution >= 4 is 18.1 Å². The summed E-state index contributed by atoms with van der Waals surface area (Å²) in [5.74, 6) is -0.250. The van der Waals surface area contributed by atoms with Gasteiger partial charge in [0.15, 0.2) is 0 Å². The van der Waals surface area contributed by atoms with E-state index in [-0.39, 0.29) is 17.9 Å². The summed E-state index contributed by atoms with van der Waals surface area (Å²) in [6.45, 7) is 3.99. The fourth-order valence-corrected chi connectivity index (χ4v) is 2.81. The minimum atomic E-state index is -0.998. The zero-order valence-electron chi connectivity index (χ0n) is 15.6. The molecule has 1 heterocycles. The number of hydrogen-bond donors (Lipinski definition) is 2. The van der Waals surface area contributed by atoms with Crippen LogP contribution in [0.15, 0.2) is 64.1 Å². The van der Waals surface area contributed by atoms with Crippen LogP contribution in [0, 0.1) is 13.8 Å². The molecule has 142 valence electrons. The van der Waals surface area contributed by atoms with Crippen molar-refractivity contribution in [1.29, 1.82) is 0 Å². The molecule has 0 aliphatic heterocycles. The average Bonchev–Trinajstić information content (AvgIpc) is 3.13. The molecule has 6 nitrogen and oxygen atoms in total. The Kier molecular flexibility index (Phi) is 5.69. The van der Waals surface area contributed by atoms with E-state index >= 15 is 0 Å². The van der Waals surface area contributed by atoms with Crippen LogP contribution in [0.1, 0.15) is 32.8 Å². The number of aromatic carboxylic acids is 1. The Morgan fingerprint density at radius 3 is 2.68 bits per heavy atom. The number of rotatable bonds is 6. The van der Waals surface area contributed by atoms with E-state index in [2.05, 4.69) is 10.5 Å². The van der Waals surface area contributed by atoms with E-state index in [0.717, 1.165) is 16.7 Å². The van der Waals surface area contributed by atoms with Gasteiger partial charge in [0.2, 0.25) is 5.91 Å². The van der Waals surface area contributed by atoms with Gasteiger partial charge in [0, 0.05) is 5.56 Å². The van der Waals surface area contributed by atoms with Gasteiger partial charge in [-0.15, -0.1) is 0 Å². The number of amides is 1. The number of carboxylic acids is 1. The first kappa shape index (κ1) is 19.1. The summed E-state index contributed by atoms with van der Waals surface area (Å²) in [6.07, 6.45) is 1.65. The van der Waals surface area contributed by atoms with Crippen LogP contribution in [0.25, 0.3) is 11.3 Å². The summed E-state index contributed by atoms with van der Waals surface area (Å²) in [7, 11) is 0. The van der Waals surface area contributed by atoms with Crippen LogP contribution in [-0.2, 0) is 11.2 Å². The summed E-state index contributed by atoms with van der Waals surface area (Å²) in [6, 6.07) is 15.8. The number of nitrogens with zero attached hydrogens (tertiary/aromatic N) is 1. The molecule has 0 saturated carbocycles. The van der Waals surface area contributed by atoms with Crippen LogP contribution in [-0.4, -0.2) is 23.2 Å². The van der Waals surface area contributed by atoms with E-state index < -0.39 is 5.97 Å². The maximum atomic E-state index is 12.1. The molecule has 0 saturated heterocycles. The molecular weight excluding hydrogens is 356 g/mol. The fraction of sp³-hybridized carbons (Fsp3) is 0.136. The largest absolute Gasteiger partial charge is 0.478 e. The number of furan rings is 1. The van der Waals surface area contributed by atoms with Gasteiger partial charge in [-0.1, -0.05) is 35.9 Å². The Morgan fingerprint density at radius 2 is 1.93 bits per heavy atom. The van der Waals surface area contributed by atoms with Crippen LogP contribution >= 0.6 is 0 Å². The van der Waals surface area contributed by atoms with E-state index in [1.807, 2.05) is 32.0 Å². The van der Waals surface area contributed by atoms with Crippen LogP contribution in [0.5, 0.6) is 0 Å². The smallest absolute Gasteiger partial charge is 0.335 e. The van der Waals surface area contributed by atoms with Crippen LogP contribution < -0.4 is 5.43 Å². The molecule has 1 amide bonds. The minimum absolute atomic E-state index is 0.183. The number of nitrogens with one attached hydrogen (secondary N) is 1. The normalized spacial score (nSPS) is 10.9. The van der Waals surface area contributed by atoms with E-state index in [9.17, 15) is 9.59 Å². The van der Waals surface area contributed by atoms with Crippen molar-refractivity contribution in [3.05, 3.63) is 82.6 Å². The van der Waals surface area contributed by atoms with E-state index in [1.165, 1.54) is 18.3 Å². The van der Waals surface area contributed by atoms with Crippen molar-refractivity contribution in [3.63, 3.8) is 0 Å². The van der Waals surface area contributed by atoms with Crippen molar-refractivity contribution in [2.75, 3.05) is 0 Å². The summed E-state index contributed by atoms with van der Waals surface area (Å²) in [5.41, 5.74) is 6.50. The van der Waals surface area contributed by atoms with Crippen molar-refractivity contribution in [2.45, 2.75) is 20.3 Å². The molecular formula is C22H20N2O4. The topological polar surface area (TPSA) is 91.9 Å². The van der Waals surface area contributed by atoms with E-state index in [0.29, 0.717) is 17.1 Å². The number of carboxylic acid groups (broad SMARTS) is 1. The number of hydrogen-bond acceptors (Lipinski definition) is 4. The molecule has 0 unspecified atom stereocenters. The molecule has 0 radical (unpaired) electrons. The Morgan fingerprint density at radius 1 is 1.11 bits per heavy atom. The molecule has 6 heteroatoms. The molecule has 3 rings (SSSR count). The molecule has 2 N–H and O–H groups in total. The molecule has 0 spiro atoms. The Hall–Kier alpha value is -3.67. The highest BCUT2D eigenvalue weighted by molar-refractivity contribution is 5.89. The molecule has 28 heavy (non-hydrogen) atoms. The zero-order valence-corrected chi connectivity index (χ0v) is 15.6. The first-order valence-electron chi connectivity index (χ1n) is 8.74. The second-order valence-electron chi connectivity index (χ2n) is 6.49. The minimum Gasteiger partial charge on any atom is -0.478 e. The highest BCUT2D eigenvalue weighted by Crippen LogP contribution is 2.22. The second-order valence-corrected chi connectivity index (χ2v) is 6.49. The molecule has 0 atom stereocenters. The first-order chi connectivity index (χ1) is 13.4. The molecule has 3 aromatic rings. The molecule has 2 aromatic carbocycles. The van der Waals surface area contributed by atoms with Gasteiger partial charge in [-0.3, -0.25) is 4.79 Å². The number of benzene rings is 2. The Labute approximate surface area is 162 Å². The van der Waals surface area contributed by atoms with Crippen molar-refractivity contribution in [2.24, 2.45) is 5.10 Å². The lowest BCUT2D eigenvalue weighted by molar-refractivity contribution is -0.120. The third kappa shape index (κ3) is 4.73. The Bertz CT molecular complexity index is 1050. The summed E-state index contributed by atoms with van der Waals surface area (Å²) >= 11 is 0. The highest BCUT2D eigenvalue weighted by Gasteiger charge is 2.08. The number of carbonyl (C=O) groups is 2. The second kappa shape index (κ2) is 8.35. The maximum absolute atomic E-state index is 12.1. The number of carbonyl (C=O) groups excluding carboxylic acids is 1. The van der Waals surface area contributed by atoms with Gasteiger partial charge in [0.1, 0.15) is 11.5 Å².